The van der Waals surface area contributed by atoms with Gasteiger partial charge in [0.2, 0.25) is 5.88 Å². The summed E-state index contributed by atoms with van der Waals surface area (Å²) in [5, 5.41) is 0. The summed E-state index contributed by atoms with van der Waals surface area (Å²) in [6, 6.07) is 26.2. The van der Waals surface area contributed by atoms with Gasteiger partial charge in [-0.05, 0) is 49.1 Å². The van der Waals surface area contributed by atoms with E-state index in [0.29, 0.717) is 30.2 Å². The molecule has 4 aromatic rings. The van der Waals surface area contributed by atoms with Gasteiger partial charge in [0.15, 0.2) is 5.82 Å². The second-order valence-corrected chi connectivity index (χ2v) is 9.50. The molecule has 0 N–H and O–H groups in total. The molecule has 1 aliphatic heterocycles. The number of ether oxygens (including phenoxy) is 1. The second kappa shape index (κ2) is 11.4. The SMILES string of the molecule is Cc1ccc(Oc2nc(-c3ccccc3)ncc2C(=O)N2CCN(CCc3ccccc3)CC2)cc1C. The van der Waals surface area contributed by atoms with Crippen LogP contribution >= 0.6 is 0 Å². The third-order valence-electron chi connectivity index (χ3n) is 6.93. The molecule has 0 spiro atoms. The highest BCUT2D eigenvalue weighted by Crippen LogP contribution is 2.28. The van der Waals surface area contributed by atoms with Gasteiger partial charge in [-0.3, -0.25) is 9.69 Å². The number of rotatable bonds is 7. The number of hydrogen-bond acceptors (Lipinski definition) is 5. The molecule has 37 heavy (non-hydrogen) atoms. The highest BCUT2D eigenvalue weighted by atomic mass is 16.5. The average Bonchev–Trinajstić information content (AvgIpc) is 2.95. The second-order valence-electron chi connectivity index (χ2n) is 9.50. The molecule has 188 valence electrons. The summed E-state index contributed by atoms with van der Waals surface area (Å²) in [5.74, 6) is 1.37. The minimum Gasteiger partial charge on any atom is -0.438 e. The summed E-state index contributed by atoms with van der Waals surface area (Å²) in [6.07, 6.45) is 2.62. The summed E-state index contributed by atoms with van der Waals surface area (Å²) < 4.78 is 6.22. The fraction of sp³-hybridized carbons (Fsp3) is 0.258. The zero-order valence-electron chi connectivity index (χ0n) is 21.4. The van der Waals surface area contributed by atoms with Crippen LogP contribution in [-0.4, -0.2) is 58.4 Å². The number of piperazine rings is 1. The molecule has 0 bridgehead atoms. The Labute approximate surface area is 218 Å². The van der Waals surface area contributed by atoms with E-state index in [1.54, 1.807) is 6.20 Å². The zero-order chi connectivity index (χ0) is 25.6. The molecule has 1 aliphatic rings. The van der Waals surface area contributed by atoms with Crippen LogP contribution < -0.4 is 4.74 Å². The summed E-state index contributed by atoms with van der Waals surface area (Å²) in [4.78, 5) is 27.1. The van der Waals surface area contributed by atoms with E-state index in [2.05, 4.69) is 41.1 Å². The van der Waals surface area contributed by atoms with Crippen molar-refractivity contribution in [1.82, 2.24) is 19.8 Å². The molecule has 1 amide bonds. The van der Waals surface area contributed by atoms with Crippen molar-refractivity contribution in [2.75, 3.05) is 32.7 Å². The Kier molecular flexibility index (Phi) is 7.57. The number of amides is 1. The molecular formula is C31H32N4O2. The van der Waals surface area contributed by atoms with Gasteiger partial charge in [-0.1, -0.05) is 66.7 Å². The van der Waals surface area contributed by atoms with Crippen LogP contribution in [0.25, 0.3) is 11.4 Å². The maximum atomic E-state index is 13.6. The van der Waals surface area contributed by atoms with Gasteiger partial charge < -0.3 is 9.64 Å². The number of aryl methyl sites for hydroxylation is 2. The predicted octanol–water partition coefficient (Wildman–Crippen LogP) is 5.55. The number of carbonyl (C=O) groups is 1. The lowest BCUT2D eigenvalue weighted by Gasteiger charge is -2.34. The Balaban J connectivity index is 1.33. The van der Waals surface area contributed by atoms with E-state index in [0.717, 1.165) is 37.2 Å². The van der Waals surface area contributed by atoms with Gasteiger partial charge in [0.1, 0.15) is 11.3 Å². The Hall–Kier alpha value is -4.03. The van der Waals surface area contributed by atoms with Crippen molar-refractivity contribution in [3.63, 3.8) is 0 Å². The number of nitrogens with zero attached hydrogens (tertiary/aromatic N) is 4. The molecule has 1 aromatic heterocycles. The first kappa shape index (κ1) is 24.7. The smallest absolute Gasteiger partial charge is 0.261 e. The molecule has 1 saturated heterocycles. The lowest BCUT2D eigenvalue weighted by molar-refractivity contribution is 0.0635. The molecule has 3 aromatic carbocycles. The van der Waals surface area contributed by atoms with E-state index in [1.165, 1.54) is 11.1 Å². The van der Waals surface area contributed by atoms with E-state index >= 15 is 0 Å². The molecule has 0 aliphatic carbocycles. The first-order valence-electron chi connectivity index (χ1n) is 12.8. The third-order valence-corrected chi connectivity index (χ3v) is 6.93. The van der Waals surface area contributed by atoms with Crippen molar-refractivity contribution < 1.29 is 9.53 Å². The largest absolute Gasteiger partial charge is 0.438 e. The maximum Gasteiger partial charge on any atom is 0.261 e. The van der Waals surface area contributed by atoms with Crippen LogP contribution in [0.5, 0.6) is 11.6 Å². The number of hydrogen-bond donors (Lipinski definition) is 0. The first-order valence-corrected chi connectivity index (χ1v) is 12.8. The van der Waals surface area contributed by atoms with Crippen LogP contribution in [0.15, 0.2) is 85.1 Å². The number of benzene rings is 3. The van der Waals surface area contributed by atoms with Gasteiger partial charge in [0.25, 0.3) is 5.91 Å². The van der Waals surface area contributed by atoms with Crippen molar-refractivity contribution in [3.8, 4) is 23.0 Å². The number of carbonyl (C=O) groups excluding carboxylic acids is 1. The molecule has 0 radical (unpaired) electrons. The maximum absolute atomic E-state index is 13.6. The first-order chi connectivity index (χ1) is 18.1. The van der Waals surface area contributed by atoms with Crippen LogP contribution in [-0.2, 0) is 6.42 Å². The van der Waals surface area contributed by atoms with Crippen molar-refractivity contribution in [2.24, 2.45) is 0 Å². The molecular weight excluding hydrogens is 460 g/mol. The normalized spacial score (nSPS) is 13.9. The Morgan fingerprint density at radius 2 is 1.57 bits per heavy atom. The van der Waals surface area contributed by atoms with E-state index < -0.39 is 0 Å². The van der Waals surface area contributed by atoms with Gasteiger partial charge in [-0.15, -0.1) is 0 Å². The molecule has 2 heterocycles. The summed E-state index contributed by atoms with van der Waals surface area (Å²) in [7, 11) is 0. The quantitative estimate of drug-likeness (QED) is 0.338. The third kappa shape index (κ3) is 6.04. The summed E-state index contributed by atoms with van der Waals surface area (Å²) in [6.45, 7) is 8.10. The highest BCUT2D eigenvalue weighted by Gasteiger charge is 2.26. The van der Waals surface area contributed by atoms with Crippen molar-refractivity contribution in [3.05, 3.63) is 107 Å². The molecule has 5 rings (SSSR count). The zero-order valence-corrected chi connectivity index (χ0v) is 21.4. The van der Waals surface area contributed by atoms with Crippen LogP contribution in [0, 0.1) is 13.8 Å². The molecule has 1 fully saturated rings. The predicted molar refractivity (Wildman–Crippen MR) is 146 cm³/mol. The average molecular weight is 493 g/mol. The van der Waals surface area contributed by atoms with Crippen molar-refractivity contribution in [2.45, 2.75) is 20.3 Å². The van der Waals surface area contributed by atoms with Crippen molar-refractivity contribution >= 4 is 5.91 Å². The van der Waals surface area contributed by atoms with Gasteiger partial charge >= 0.3 is 0 Å². The van der Waals surface area contributed by atoms with Gasteiger partial charge in [0, 0.05) is 44.5 Å². The van der Waals surface area contributed by atoms with E-state index in [1.807, 2.05) is 66.4 Å². The minimum atomic E-state index is -0.0962. The Morgan fingerprint density at radius 3 is 2.27 bits per heavy atom. The minimum absolute atomic E-state index is 0.0962. The number of aromatic nitrogens is 2. The van der Waals surface area contributed by atoms with Gasteiger partial charge in [-0.2, -0.15) is 4.98 Å². The Morgan fingerprint density at radius 1 is 0.865 bits per heavy atom. The summed E-state index contributed by atoms with van der Waals surface area (Å²) in [5.41, 5.74) is 4.90. The monoisotopic (exact) mass is 492 g/mol. The fourth-order valence-corrected chi connectivity index (χ4v) is 4.48. The summed E-state index contributed by atoms with van der Waals surface area (Å²) >= 11 is 0. The topological polar surface area (TPSA) is 58.6 Å². The van der Waals surface area contributed by atoms with Crippen LogP contribution in [0.2, 0.25) is 0 Å². The molecule has 0 unspecified atom stereocenters. The lowest BCUT2D eigenvalue weighted by atomic mass is 10.1. The molecule has 6 nitrogen and oxygen atoms in total. The standard InChI is InChI=1S/C31H32N4O2/c1-23-13-14-27(21-24(23)2)37-30-28(22-32-29(33-30)26-11-7-4-8-12-26)31(36)35-19-17-34(18-20-35)16-15-25-9-5-3-6-10-25/h3-14,21-22H,15-20H2,1-2H3. The fourth-order valence-electron chi connectivity index (χ4n) is 4.48. The van der Waals surface area contributed by atoms with Crippen LogP contribution in [0.3, 0.4) is 0 Å². The lowest BCUT2D eigenvalue weighted by Crippen LogP contribution is -2.49. The molecule has 6 heteroatoms. The van der Waals surface area contributed by atoms with Gasteiger partial charge in [-0.25, -0.2) is 4.98 Å². The van der Waals surface area contributed by atoms with E-state index in [9.17, 15) is 4.79 Å². The van der Waals surface area contributed by atoms with Crippen molar-refractivity contribution in [1.29, 1.82) is 0 Å². The van der Waals surface area contributed by atoms with Gasteiger partial charge in [0.05, 0.1) is 0 Å². The van der Waals surface area contributed by atoms with Crippen LogP contribution in [0.4, 0.5) is 0 Å². The highest BCUT2D eigenvalue weighted by molar-refractivity contribution is 5.96. The Bertz CT molecular complexity index is 1350. The van der Waals surface area contributed by atoms with Crippen LogP contribution in [0.1, 0.15) is 27.0 Å². The molecule has 0 atom stereocenters. The van der Waals surface area contributed by atoms with E-state index in [-0.39, 0.29) is 11.8 Å². The molecule has 0 saturated carbocycles. The van der Waals surface area contributed by atoms with E-state index in [4.69, 9.17) is 9.72 Å².